The van der Waals surface area contributed by atoms with E-state index in [0.29, 0.717) is 0 Å². The molecule has 21 heavy (non-hydrogen) atoms. The van der Waals surface area contributed by atoms with Crippen LogP contribution in [0.25, 0.3) is 5.69 Å². The predicted molar refractivity (Wildman–Crippen MR) is 81.0 cm³/mol. The van der Waals surface area contributed by atoms with E-state index >= 15 is 0 Å². The molecule has 0 aliphatic heterocycles. The first-order valence-corrected chi connectivity index (χ1v) is 6.95. The van der Waals surface area contributed by atoms with Crippen LogP contribution in [0.2, 0.25) is 0 Å². The van der Waals surface area contributed by atoms with Gasteiger partial charge in [0.05, 0.1) is 23.6 Å². The van der Waals surface area contributed by atoms with Gasteiger partial charge < -0.3 is 5.73 Å². The summed E-state index contributed by atoms with van der Waals surface area (Å²) in [6.45, 7) is 2.10. The van der Waals surface area contributed by atoms with Gasteiger partial charge in [0.15, 0.2) is 0 Å². The first-order chi connectivity index (χ1) is 10.3. The number of para-hydroxylation sites is 1. The number of hydrogen-bond donors (Lipinski definition) is 1. The normalized spacial score (nSPS) is 12.3. The fraction of sp³-hybridized carbons (Fsp3) is 0.188. The number of rotatable bonds is 4. The number of aromatic nitrogens is 4. The molecule has 3 aromatic rings. The number of hydrogen-bond acceptors (Lipinski definition) is 4. The standard InChI is InChI=1S/C16H17N5/c1-2-12-10-18-9-8-14(12)16(17)15-11-19-20-21(15)13-6-4-3-5-7-13/h3-11,16H,2,17H2,1H3. The number of pyridine rings is 1. The highest BCUT2D eigenvalue weighted by Gasteiger charge is 2.18. The van der Waals surface area contributed by atoms with Crippen LogP contribution < -0.4 is 5.73 Å². The maximum absolute atomic E-state index is 6.45. The maximum atomic E-state index is 6.45. The summed E-state index contributed by atoms with van der Waals surface area (Å²) in [5.74, 6) is 0. The third-order valence-electron chi connectivity index (χ3n) is 3.55. The van der Waals surface area contributed by atoms with Crippen molar-refractivity contribution in [1.82, 2.24) is 20.0 Å². The zero-order valence-corrected chi connectivity index (χ0v) is 11.8. The van der Waals surface area contributed by atoms with Crippen LogP contribution in [0.4, 0.5) is 0 Å². The zero-order valence-electron chi connectivity index (χ0n) is 11.8. The van der Waals surface area contributed by atoms with Gasteiger partial charge in [-0.15, -0.1) is 5.10 Å². The monoisotopic (exact) mass is 279 g/mol. The minimum absolute atomic E-state index is 0.279. The van der Waals surface area contributed by atoms with E-state index in [4.69, 9.17) is 5.73 Å². The lowest BCUT2D eigenvalue weighted by molar-refractivity contribution is 0.714. The minimum atomic E-state index is -0.279. The highest BCUT2D eigenvalue weighted by molar-refractivity contribution is 5.37. The summed E-state index contributed by atoms with van der Waals surface area (Å²) < 4.78 is 1.78. The molecule has 0 bridgehead atoms. The highest BCUT2D eigenvalue weighted by atomic mass is 15.4. The Labute approximate surface area is 123 Å². The van der Waals surface area contributed by atoms with Crippen molar-refractivity contribution in [3.05, 3.63) is 71.8 Å². The molecule has 1 aromatic carbocycles. The van der Waals surface area contributed by atoms with Gasteiger partial charge in [-0.2, -0.15) is 0 Å². The average Bonchev–Trinajstić information content (AvgIpc) is 3.04. The molecule has 2 aromatic heterocycles. The second-order valence-corrected chi connectivity index (χ2v) is 4.81. The molecule has 1 unspecified atom stereocenters. The Balaban J connectivity index is 2.04. The van der Waals surface area contributed by atoms with Crippen molar-refractivity contribution in [2.75, 3.05) is 0 Å². The van der Waals surface area contributed by atoms with Crippen LogP contribution in [0.5, 0.6) is 0 Å². The second kappa shape index (κ2) is 5.85. The van der Waals surface area contributed by atoms with Crippen molar-refractivity contribution >= 4 is 0 Å². The molecule has 0 fully saturated rings. The molecule has 106 valence electrons. The van der Waals surface area contributed by atoms with E-state index in [2.05, 4.69) is 22.2 Å². The number of nitrogens with zero attached hydrogens (tertiary/aromatic N) is 4. The summed E-state index contributed by atoms with van der Waals surface area (Å²) in [7, 11) is 0. The molecule has 5 heteroatoms. The van der Waals surface area contributed by atoms with Crippen molar-refractivity contribution in [2.24, 2.45) is 5.73 Å². The lowest BCUT2D eigenvalue weighted by Crippen LogP contribution is -2.18. The van der Waals surface area contributed by atoms with E-state index in [1.807, 2.05) is 42.6 Å². The Morgan fingerprint density at radius 3 is 2.71 bits per heavy atom. The molecule has 0 aliphatic carbocycles. The molecule has 5 nitrogen and oxygen atoms in total. The summed E-state index contributed by atoms with van der Waals surface area (Å²) in [5, 5.41) is 8.18. The molecule has 0 saturated heterocycles. The maximum Gasteiger partial charge on any atom is 0.0858 e. The van der Waals surface area contributed by atoms with Gasteiger partial charge >= 0.3 is 0 Å². The summed E-state index contributed by atoms with van der Waals surface area (Å²) in [6.07, 6.45) is 6.25. The molecule has 0 aliphatic rings. The lowest BCUT2D eigenvalue weighted by atomic mass is 9.99. The highest BCUT2D eigenvalue weighted by Crippen LogP contribution is 2.23. The molecule has 3 rings (SSSR count). The predicted octanol–water partition coefficient (Wildman–Crippen LogP) is 2.27. The summed E-state index contributed by atoms with van der Waals surface area (Å²) in [5.41, 5.74) is 10.5. The first-order valence-electron chi connectivity index (χ1n) is 6.95. The van der Waals surface area contributed by atoms with Crippen LogP contribution in [0.1, 0.15) is 29.8 Å². The Morgan fingerprint density at radius 1 is 1.14 bits per heavy atom. The number of nitrogens with two attached hydrogens (primary N) is 1. The van der Waals surface area contributed by atoms with E-state index in [0.717, 1.165) is 28.9 Å². The van der Waals surface area contributed by atoms with Crippen LogP contribution in [0.15, 0.2) is 55.0 Å². The summed E-state index contributed by atoms with van der Waals surface area (Å²) in [6, 6.07) is 11.6. The molecule has 1 atom stereocenters. The molecule has 0 spiro atoms. The van der Waals surface area contributed by atoms with Crippen molar-refractivity contribution < 1.29 is 0 Å². The van der Waals surface area contributed by atoms with Crippen LogP contribution in [-0.2, 0) is 6.42 Å². The van der Waals surface area contributed by atoms with Crippen LogP contribution in [0, 0.1) is 0 Å². The molecule has 0 radical (unpaired) electrons. The molecule has 0 saturated carbocycles. The topological polar surface area (TPSA) is 69.6 Å². The van der Waals surface area contributed by atoms with Gasteiger partial charge in [-0.25, -0.2) is 4.68 Å². The molecular formula is C16H17N5. The summed E-state index contributed by atoms with van der Waals surface area (Å²) >= 11 is 0. The Hall–Kier alpha value is -2.53. The Bertz CT molecular complexity index is 720. The van der Waals surface area contributed by atoms with Gasteiger partial charge in [-0.1, -0.05) is 30.3 Å². The van der Waals surface area contributed by atoms with Crippen LogP contribution in [-0.4, -0.2) is 20.0 Å². The zero-order chi connectivity index (χ0) is 14.7. The third kappa shape index (κ3) is 2.55. The average molecular weight is 279 g/mol. The van der Waals surface area contributed by atoms with Crippen molar-refractivity contribution in [3.8, 4) is 5.69 Å². The quantitative estimate of drug-likeness (QED) is 0.795. The fourth-order valence-electron chi connectivity index (χ4n) is 2.42. The minimum Gasteiger partial charge on any atom is -0.319 e. The molecular weight excluding hydrogens is 262 g/mol. The van der Waals surface area contributed by atoms with E-state index in [1.54, 1.807) is 17.1 Å². The molecule has 2 N–H and O–H groups in total. The van der Waals surface area contributed by atoms with E-state index in [-0.39, 0.29) is 6.04 Å². The molecule has 0 amide bonds. The smallest absolute Gasteiger partial charge is 0.0858 e. The van der Waals surface area contributed by atoms with Gasteiger partial charge in [-0.3, -0.25) is 4.98 Å². The fourth-order valence-corrected chi connectivity index (χ4v) is 2.42. The second-order valence-electron chi connectivity index (χ2n) is 4.81. The first kappa shape index (κ1) is 13.5. The SMILES string of the molecule is CCc1cnccc1C(N)c1cnnn1-c1ccccc1. The largest absolute Gasteiger partial charge is 0.319 e. The Kier molecular flexibility index (Phi) is 3.75. The Morgan fingerprint density at radius 2 is 1.95 bits per heavy atom. The van der Waals surface area contributed by atoms with E-state index < -0.39 is 0 Å². The number of benzene rings is 1. The van der Waals surface area contributed by atoms with Gasteiger partial charge in [-0.05, 0) is 35.7 Å². The van der Waals surface area contributed by atoms with Gasteiger partial charge in [0, 0.05) is 12.4 Å². The van der Waals surface area contributed by atoms with Crippen molar-refractivity contribution in [1.29, 1.82) is 0 Å². The van der Waals surface area contributed by atoms with Gasteiger partial charge in [0.1, 0.15) is 0 Å². The van der Waals surface area contributed by atoms with Crippen LogP contribution in [0.3, 0.4) is 0 Å². The van der Waals surface area contributed by atoms with Crippen molar-refractivity contribution in [2.45, 2.75) is 19.4 Å². The third-order valence-corrected chi connectivity index (χ3v) is 3.55. The number of aryl methyl sites for hydroxylation is 1. The van der Waals surface area contributed by atoms with Gasteiger partial charge in [0.2, 0.25) is 0 Å². The van der Waals surface area contributed by atoms with E-state index in [9.17, 15) is 0 Å². The lowest BCUT2D eigenvalue weighted by Gasteiger charge is -2.16. The van der Waals surface area contributed by atoms with Crippen molar-refractivity contribution in [3.63, 3.8) is 0 Å². The molecule has 2 heterocycles. The summed E-state index contributed by atoms with van der Waals surface area (Å²) in [4.78, 5) is 4.17. The van der Waals surface area contributed by atoms with E-state index in [1.165, 1.54) is 0 Å². The van der Waals surface area contributed by atoms with Gasteiger partial charge in [0.25, 0.3) is 0 Å². The van der Waals surface area contributed by atoms with Crippen LogP contribution >= 0.6 is 0 Å².